The zero-order valence-electron chi connectivity index (χ0n) is 20.3. The van der Waals surface area contributed by atoms with Crippen molar-refractivity contribution in [1.82, 2.24) is 0 Å². The first kappa shape index (κ1) is 25.0. The molecular formula is C26H28N4O3S2. The van der Waals surface area contributed by atoms with Crippen molar-refractivity contribution in [3.63, 3.8) is 0 Å². The van der Waals surface area contributed by atoms with Crippen molar-refractivity contribution >= 4 is 40.3 Å². The summed E-state index contributed by atoms with van der Waals surface area (Å²) in [7, 11) is 0. The highest BCUT2D eigenvalue weighted by atomic mass is 32.2. The number of ketones is 1. The van der Waals surface area contributed by atoms with Gasteiger partial charge in [-0.25, -0.2) is 0 Å². The first-order valence-electron chi connectivity index (χ1n) is 11.6. The number of hydrogen-bond donors (Lipinski definition) is 1. The summed E-state index contributed by atoms with van der Waals surface area (Å²) in [5.41, 5.74) is 8.84. The van der Waals surface area contributed by atoms with Crippen LogP contribution in [0, 0.1) is 26.9 Å². The van der Waals surface area contributed by atoms with E-state index in [1.807, 2.05) is 13.8 Å². The lowest BCUT2D eigenvalue weighted by atomic mass is 9.69. The van der Waals surface area contributed by atoms with E-state index in [4.69, 9.17) is 5.73 Å². The Balaban J connectivity index is 2.05. The molecule has 182 valence electrons. The number of thiophene rings is 1. The summed E-state index contributed by atoms with van der Waals surface area (Å²) in [4.78, 5) is 27.9. The average molecular weight is 509 g/mol. The van der Waals surface area contributed by atoms with Gasteiger partial charge in [-0.1, -0.05) is 39.8 Å². The van der Waals surface area contributed by atoms with E-state index in [1.54, 1.807) is 46.2 Å². The van der Waals surface area contributed by atoms with Gasteiger partial charge in [0, 0.05) is 28.6 Å². The molecule has 4 rings (SSSR count). The molecule has 1 aliphatic carbocycles. The van der Waals surface area contributed by atoms with Crippen molar-refractivity contribution in [1.29, 1.82) is 5.26 Å². The fourth-order valence-electron chi connectivity index (χ4n) is 4.96. The van der Waals surface area contributed by atoms with E-state index in [0.717, 1.165) is 21.9 Å². The van der Waals surface area contributed by atoms with Gasteiger partial charge in [-0.05, 0) is 41.7 Å². The van der Waals surface area contributed by atoms with Crippen LogP contribution in [-0.4, -0.2) is 16.5 Å². The number of aryl methyl sites for hydroxylation is 1. The van der Waals surface area contributed by atoms with Crippen molar-refractivity contribution in [2.75, 3.05) is 10.7 Å². The average Bonchev–Trinajstić information content (AvgIpc) is 3.20. The van der Waals surface area contributed by atoms with E-state index >= 15 is 0 Å². The van der Waals surface area contributed by atoms with Gasteiger partial charge in [-0.2, -0.15) is 5.26 Å². The Kier molecular flexibility index (Phi) is 6.80. The molecule has 1 aromatic carbocycles. The maximum absolute atomic E-state index is 13.7. The van der Waals surface area contributed by atoms with Crippen LogP contribution in [-0.2, 0) is 11.2 Å². The molecule has 0 saturated carbocycles. The van der Waals surface area contributed by atoms with Crippen LogP contribution in [0.2, 0.25) is 0 Å². The van der Waals surface area contributed by atoms with Crippen LogP contribution in [0.25, 0.3) is 0 Å². The van der Waals surface area contributed by atoms with Gasteiger partial charge in [0.1, 0.15) is 11.5 Å². The molecule has 1 aliphatic heterocycles. The van der Waals surface area contributed by atoms with E-state index in [0.29, 0.717) is 24.1 Å². The van der Waals surface area contributed by atoms with Gasteiger partial charge in [0.15, 0.2) is 5.78 Å². The van der Waals surface area contributed by atoms with Crippen molar-refractivity contribution < 1.29 is 9.72 Å². The fraction of sp³-hybridized carbons (Fsp3) is 0.385. The fourth-order valence-corrected chi connectivity index (χ4v) is 7.34. The zero-order chi connectivity index (χ0) is 25.5. The van der Waals surface area contributed by atoms with Crippen LogP contribution in [0.3, 0.4) is 0 Å². The predicted octanol–water partition coefficient (Wildman–Crippen LogP) is 6.27. The van der Waals surface area contributed by atoms with Crippen molar-refractivity contribution in [2.24, 2.45) is 11.1 Å². The van der Waals surface area contributed by atoms with Gasteiger partial charge in [-0.15, -0.1) is 23.1 Å². The molecule has 2 N–H and O–H groups in total. The molecule has 2 aromatic rings. The maximum Gasteiger partial charge on any atom is 0.293 e. The molecule has 9 heteroatoms. The topological polar surface area (TPSA) is 113 Å². The number of nitrogens with zero attached hydrogens (tertiary/aromatic N) is 3. The van der Waals surface area contributed by atoms with Gasteiger partial charge < -0.3 is 5.73 Å². The Morgan fingerprint density at radius 2 is 2.03 bits per heavy atom. The number of benzene rings is 1. The predicted molar refractivity (Wildman–Crippen MR) is 140 cm³/mol. The monoisotopic (exact) mass is 508 g/mol. The molecule has 0 radical (unpaired) electrons. The number of hydrogen-bond acceptors (Lipinski definition) is 8. The summed E-state index contributed by atoms with van der Waals surface area (Å²) < 4.78 is 1.08. The van der Waals surface area contributed by atoms with Crippen LogP contribution < -0.4 is 10.6 Å². The number of para-hydroxylation sites is 2. The lowest BCUT2D eigenvalue weighted by molar-refractivity contribution is -0.384. The van der Waals surface area contributed by atoms with Crippen molar-refractivity contribution in [2.45, 2.75) is 57.1 Å². The summed E-state index contributed by atoms with van der Waals surface area (Å²) in [5, 5.41) is 22.2. The van der Waals surface area contributed by atoms with E-state index in [9.17, 15) is 20.2 Å². The number of Topliss-reactive ketones (excluding diaryl/α,β-unsaturated/α-hetero) is 1. The van der Waals surface area contributed by atoms with Crippen LogP contribution >= 0.6 is 23.1 Å². The highest BCUT2D eigenvalue weighted by Crippen LogP contribution is 2.53. The standard InChI is InChI=1S/C26H28N4O3S2/c1-5-15-11-16(25(35-15)34-6-2)22-17(14-27)24(28)29(18-9-7-8-10-19(18)30(32)33)20-12-26(3,4)13-21(31)23(20)22/h7-11,22H,5-6,12-13,28H2,1-4H3/t22-/m1/s1. The number of nitro benzene ring substituents is 1. The van der Waals surface area contributed by atoms with Crippen LogP contribution in [0.1, 0.15) is 56.9 Å². The zero-order valence-corrected chi connectivity index (χ0v) is 21.9. The lowest BCUT2D eigenvalue weighted by Gasteiger charge is -2.43. The Labute approximate surface area is 213 Å². The van der Waals surface area contributed by atoms with Crippen LogP contribution in [0.15, 0.2) is 57.2 Å². The molecular weight excluding hydrogens is 480 g/mol. The molecule has 2 heterocycles. The minimum Gasteiger partial charge on any atom is -0.384 e. The van der Waals surface area contributed by atoms with E-state index in [-0.39, 0.29) is 34.0 Å². The third kappa shape index (κ3) is 4.37. The molecule has 7 nitrogen and oxygen atoms in total. The summed E-state index contributed by atoms with van der Waals surface area (Å²) in [6.45, 7) is 8.19. The van der Waals surface area contributed by atoms with Gasteiger partial charge >= 0.3 is 0 Å². The Morgan fingerprint density at radius 3 is 2.66 bits per heavy atom. The maximum atomic E-state index is 13.7. The molecule has 35 heavy (non-hydrogen) atoms. The second-order valence-corrected chi connectivity index (χ2v) is 12.1. The Morgan fingerprint density at radius 1 is 1.31 bits per heavy atom. The summed E-state index contributed by atoms with van der Waals surface area (Å²) in [5.74, 6) is 0.386. The van der Waals surface area contributed by atoms with Gasteiger partial charge in [-0.3, -0.25) is 19.8 Å². The number of nitriles is 1. The lowest BCUT2D eigenvalue weighted by Crippen LogP contribution is -2.42. The summed E-state index contributed by atoms with van der Waals surface area (Å²) in [6.07, 6.45) is 1.70. The quantitative estimate of drug-likeness (QED) is 0.278. The molecule has 0 unspecified atom stereocenters. The molecule has 0 amide bonds. The highest BCUT2D eigenvalue weighted by Gasteiger charge is 2.46. The number of nitrogens with two attached hydrogens (primary N) is 1. The number of carbonyl (C=O) groups is 1. The Hall–Kier alpha value is -3.09. The summed E-state index contributed by atoms with van der Waals surface area (Å²) in [6, 6.07) is 10.7. The highest BCUT2D eigenvalue weighted by molar-refractivity contribution is 8.01. The largest absolute Gasteiger partial charge is 0.384 e. The molecule has 0 saturated heterocycles. The molecule has 1 atom stereocenters. The minimum atomic E-state index is -0.580. The number of nitro groups is 1. The van der Waals surface area contributed by atoms with Gasteiger partial charge in [0.25, 0.3) is 5.69 Å². The van der Waals surface area contributed by atoms with Crippen molar-refractivity contribution in [3.05, 3.63) is 73.6 Å². The third-order valence-electron chi connectivity index (χ3n) is 6.41. The molecule has 0 bridgehead atoms. The van der Waals surface area contributed by atoms with E-state index in [2.05, 4.69) is 26.0 Å². The second-order valence-electron chi connectivity index (χ2n) is 9.47. The Bertz CT molecular complexity index is 1320. The number of allylic oxidation sites excluding steroid dienone is 3. The normalized spacial score (nSPS) is 19.6. The first-order valence-corrected chi connectivity index (χ1v) is 13.4. The molecule has 1 aromatic heterocycles. The van der Waals surface area contributed by atoms with E-state index in [1.165, 1.54) is 10.9 Å². The van der Waals surface area contributed by atoms with Crippen LogP contribution in [0.4, 0.5) is 11.4 Å². The number of carbonyl (C=O) groups excluding carboxylic acids is 1. The SMILES string of the molecule is CCSc1sc(CC)cc1[C@@H]1C(C#N)=C(N)N(c2ccccc2[N+](=O)[O-])C2=C1C(=O)CC(C)(C)C2. The smallest absolute Gasteiger partial charge is 0.293 e. The number of anilines is 1. The molecule has 2 aliphatic rings. The molecule has 0 fully saturated rings. The third-order valence-corrected chi connectivity index (χ3v) is 8.89. The first-order chi connectivity index (χ1) is 16.6. The van der Waals surface area contributed by atoms with E-state index < -0.39 is 10.8 Å². The van der Waals surface area contributed by atoms with Gasteiger partial charge in [0.2, 0.25) is 0 Å². The van der Waals surface area contributed by atoms with Crippen molar-refractivity contribution in [3.8, 4) is 6.07 Å². The second kappa shape index (κ2) is 9.51. The number of thioether (sulfide) groups is 1. The number of rotatable bonds is 6. The summed E-state index contributed by atoms with van der Waals surface area (Å²) >= 11 is 3.39. The minimum absolute atomic E-state index is 0.0400. The molecule has 0 spiro atoms. The van der Waals surface area contributed by atoms with Gasteiger partial charge in [0.05, 0.1) is 26.7 Å². The van der Waals surface area contributed by atoms with Crippen LogP contribution in [0.5, 0.6) is 0 Å².